The van der Waals surface area contributed by atoms with Gasteiger partial charge in [0.05, 0.1) is 5.56 Å². The van der Waals surface area contributed by atoms with E-state index in [2.05, 4.69) is 0 Å². The summed E-state index contributed by atoms with van der Waals surface area (Å²) in [5.41, 5.74) is 0.191. The lowest BCUT2D eigenvalue weighted by molar-refractivity contribution is -0.159. The fraction of sp³-hybridized carbons (Fsp3) is 0.625. The molecule has 1 saturated heterocycles. The Hall–Kier alpha value is -1.36. The summed E-state index contributed by atoms with van der Waals surface area (Å²) in [7, 11) is 0. The second-order valence-corrected chi connectivity index (χ2v) is 7.98. The van der Waals surface area contributed by atoms with Gasteiger partial charge in [-0.3, -0.25) is 4.79 Å². The van der Waals surface area contributed by atoms with Crippen LogP contribution in [0.4, 0.5) is 0 Å². The fourth-order valence-corrected chi connectivity index (χ4v) is 3.54. The van der Waals surface area contributed by atoms with Crippen LogP contribution in [0.25, 0.3) is 0 Å². The van der Waals surface area contributed by atoms with Crippen LogP contribution in [0, 0.1) is 13.8 Å². The molecule has 5 heteroatoms. The molecule has 0 aliphatic carbocycles. The molecular weight excluding hydrogens is 286 g/mol. The lowest BCUT2D eigenvalue weighted by Gasteiger charge is -2.27. The highest BCUT2D eigenvalue weighted by Crippen LogP contribution is 2.27. The van der Waals surface area contributed by atoms with Gasteiger partial charge in [-0.05, 0) is 53.5 Å². The van der Waals surface area contributed by atoms with Crippen LogP contribution in [0.3, 0.4) is 0 Å². The van der Waals surface area contributed by atoms with Gasteiger partial charge in [0.25, 0.3) is 5.91 Å². The van der Waals surface area contributed by atoms with Crippen molar-refractivity contribution in [1.29, 1.82) is 0 Å². The Morgan fingerprint density at radius 3 is 2.52 bits per heavy atom. The Kier molecular flexibility index (Phi) is 4.42. The van der Waals surface area contributed by atoms with Crippen LogP contribution in [0.5, 0.6) is 0 Å². The topological polar surface area (TPSA) is 46.6 Å². The Morgan fingerprint density at radius 2 is 2.00 bits per heavy atom. The maximum atomic E-state index is 12.7. The predicted octanol–water partition coefficient (Wildman–Crippen LogP) is 3.31. The highest BCUT2D eigenvalue weighted by atomic mass is 32.1. The number of esters is 1. The number of ether oxygens (including phenoxy) is 1. The Morgan fingerprint density at radius 1 is 1.33 bits per heavy atom. The molecule has 1 fully saturated rings. The van der Waals surface area contributed by atoms with E-state index in [9.17, 15) is 9.59 Å². The van der Waals surface area contributed by atoms with Crippen LogP contribution in [0.2, 0.25) is 0 Å². The third kappa shape index (κ3) is 3.64. The van der Waals surface area contributed by atoms with Crippen LogP contribution in [-0.2, 0) is 9.53 Å². The average Bonchev–Trinajstić information content (AvgIpc) is 2.92. The van der Waals surface area contributed by atoms with Crippen LogP contribution in [0.15, 0.2) is 6.07 Å². The third-order valence-corrected chi connectivity index (χ3v) is 4.43. The number of nitrogens with zero attached hydrogens (tertiary/aromatic N) is 1. The summed E-state index contributed by atoms with van der Waals surface area (Å²) >= 11 is 1.61. The highest BCUT2D eigenvalue weighted by molar-refractivity contribution is 7.12. The first kappa shape index (κ1) is 16.0. The van der Waals surface area contributed by atoms with E-state index in [1.165, 1.54) is 0 Å². The maximum Gasteiger partial charge on any atom is 0.329 e. The second-order valence-electron chi connectivity index (χ2n) is 6.52. The molecule has 4 nitrogen and oxygen atoms in total. The van der Waals surface area contributed by atoms with Crippen molar-refractivity contribution in [2.45, 2.75) is 59.1 Å². The Bertz CT molecular complexity index is 556. The van der Waals surface area contributed by atoms with Crippen LogP contribution in [0.1, 0.15) is 53.7 Å². The van der Waals surface area contributed by atoms with Crippen molar-refractivity contribution in [3.8, 4) is 0 Å². The molecule has 21 heavy (non-hydrogen) atoms. The number of carbonyl (C=O) groups is 2. The number of carbonyl (C=O) groups excluding carboxylic acids is 2. The maximum absolute atomic E-state index is 12.7. The number of amides is 1. The molecule has 1 amide bonds. The van der Waals surface area contributed by atoms with Crippen molar-refractivity contribution in [2.24, 2.45) is 0 Å². The minimum Gasteiger partial charge on any atom is -0.458 e. The van der Waals surface area contributed by atoms with E-state index in [0.717, 1.165) is 16.2 Å². The van der Waals surface area contributed by atoms with Gasteiger partial charge in [0, 0.05) is 16.3 Å². The summed E-state index contributed by atoms with van der Waals surface area (Å²) in [5.74, 6) is -0.344. The number of thiophene rings is 1. The number of hydrogen-bond acceptors (Lipinski definition) is 4. The van der Waals surface area contributed by atoms with E-state index in [4.69, 9.17) is 4.74 Å². The zero-order valence-electron chi connectivity index (χ0n) is 13.4. The van der Waals surface area contributed by atoms with E-state index in [1.807, 2.05) is 40.7 Å². The second kappa shape index (κ2) is 5.79. The quantitative estimate of drug-likeness (QED) is 0.787. The number of rotatable bonds is 2. The van der Waals surface area contributed by atoms with Gasteiger partial charge in [0.2, 0.25) is 0 Å². The molecule has 0 aromatic carbocycles. The lowest BCUT2D eigenvalue weighted by Crippen LogP contribution is -2.43. The molecule has 1 aliphatic heterocycles. The third-order valence-electron chi connectivity index (χ3n) is 3.46. The lowest BCUT2D eigenvalue weighted by atomic mass is 10.1. The molecule has 116 valence electrons. The molecule has 0 spiro atoms. The van der Waals surface area contributed by atoms with Crippen molar-refractivity contribution in [3.05, 3.63) is 21.4 Å². The van der Waals surface area contributed by atoms with Crippen molar-refractivity contribution >= 4 is 23.2 Å². The van der Waals surface area contributed by atoms with E-state index in [-0.39, 0.29) is 11.9 Å². The van der Waals surface area contributed by atoms with Gasteiger partial charge in [-0.25, -0.2) is 4.79 Å². The zero-order valence-corrected chi connectivity index (χ0v) is 14.2. The summed E-state index contributed by atoms with van der Waals surface area (Å²) in [6, 6.07) is 1.46. The van der Waals surface area contributed by atoms with Gasteiger partial charge in [-0.15, -0.1) is 11.3 Å². The summed E-state index contributed by atoms with van der Waals surface area (Å²) in [6.45, 7) is 10.1. The minimum atomic E-state index is -0.525. The van der Waals surface area contributed by atoms with E-state index in [0.29, 0.717) is 18.5 Å². The molecule has 2 heterocycles. The molecular formula is C16H23NO3S. The molecule has 2 rings (SSSR count). The summed E-state index contributed by atoms with van der Waals surface area (Å²) in [4.78, 5) is 28.8. The molecule has 0 radical (unpaired) electrons. The van der Waals surface area contributed by atoms with E-state index >= 15 is 0 Å². The predicted molar refractivity (Wildman–Crippen MR) is 83.7 cm³/mol. The largest absolute Gasteiger partial charge is 0.458 e. The molecule has 1 atom stereocenters. The number of aryl methyl sites for hydroxylation is 2. The normalized spacial score (nSPS) is 18.9. The molecule has 0 saturated carbocycles. The van der Waals surface area contributed by atoms with E-state index in [1.54, 1.807) is 16.2 Å². The van der Waals surface area contributed by atoms with Crippen molar-refractivity contribution in [1.82, 2.24) is 4.90 Å². The molecule has 0 bridgehead atoms. The number of hydrogen-bond donors (Lipinski definition) is 0. The molecule has 1 aromatic rings. The van der Waals surface area contributed by atoms with Crippen molar-refractivity contribution in [2.75, 3.05) is 6.54 Å². The molecule has 0 unspecified atom stereocenters. The number of likely N-dealkylation sites (tertiary alicyclic amines) is 1. The highest BCUT2D eigenvalue weighted by Gasteiger charge is 2.37. The summed E-state index contributed by atoms with van der Waals surface area (Å²) in [6.07, 6.45) is 1.53. The van der Waals surface area contributed by atoms with Crippen LogP contribution < -0.4 is 0 Å². The Balaban J connectivity index is 2.17. The molecule has 1 aliphatic rings. The van der Waals surface area contributed by atoms with Gasteiger partial charge < -0.3 is 9.64 Å². The van der Waals surface area contributed by atoms with Gasteiger partial charge in [0.1, 0.15) is 11.6 Å². The van der Waals surface area contributed by atoms with Gasteiger partial charge in [0.15, 0.2) is 0 Å². The monoisotopic (exact) mass is 309 g/mol. The SMILES string of the molecule is Cc1cc(C(=O)N2CCC[C@@H]2C(=O)OC(C)(C)C)c(C)s1. The molecule has 1 aromatic heterocycles. The smallest absolute Gasteiger partial charge is 0.329 e. The van der Waals surface area contributed by atoms with Crippen LogP contribution in [-0.4, -0.2) is 35.0 Å². The minimum absolute atomic E-state index is 0.0507. The average molecular weight is 309 g/mol. The van der Waals surface area contributed by atoms with Crippen LogP contribution >= 0.6 is 11.3 Å². The standard InChI is InChI=1S/C16H23NO3S/c1-10-9-12(11(2)21-10)14(18)17-8-6-7-13(17)15(19)20-16(3,4)5/h9,13H,6-8H2,1-5H3/t13-/m1/s1. The van der Waals surface area contributed by atoms with E-state index < -0.39 is 11.6 Å². The summed E-state index contributed by atoms with van der Waals surface area (Å²) < 4.78 is 5.44. The van der Waals surface area contributed by atoms with Gasteiger partial charge in [-0.2, -0.15) is 0 Å². The molecule has 0 N–H and O–H groups in total. The fourth-order valence-electron chi connectivity index (χ4n) is 2.62. The van der Waals surface area contributed by atoms with Crippen molar-refractivity contribution in [3.63, 3.8) is 0 Å². The van der Waals surface area contributed by atoms with Crippen molar-refractivity contribution < 1.29 is 14.3 Å². The summed E-state index contributed by atoms with van der Waals surface area (Å²) in [5, 5.41) is 0. The van der Waals surface area contributed by atoms with Gasteiger partial charge >= 0.3 is 5.97 Å². The Labute approximate surface area is 130 Å². The first-order valence-electron chi connectivity index (χ1n) is 7.30. The van der Waals surface area contributed by atoms with Gasteiger partial charge in [-0.1, -0.05) is 0 Å². The first-order valence-corrected chi connectivity index (χ1v) is 8.11. The zero-order chi connectivity index (χ0) is 15.8. The first-order chi connectivity index (χ1) is 9.69.